The van der Waals surface area contributed by atoms with Gasteiger partial charge in [-0.1, -0.05) is 56.7 Å². The summed E-state index contributed by atoms with van der Waals surface area (Å²) >= 11 is 1.13. The fourth-order valence-electron chi connectivity index (χ4n) is 8.83. The first kappa shape index (κ1) is 51.1. The van der Waals surface area contributed by atoms with Crippen molar-refractivity contribution in [1.82, 2.24) is 10.2 Å². The average Bonchev–Trinajstić information content (AvgIpc) is 3.72. The Balaban J connectivity index is 1.15. The molecule has 5 rings (SSSR count). The molecular weight excluding hydrogens is 867 g/mol. The molecule has 3 aliphatic heterocycles. The number of likely N-dealkylation sites (N-methyl/N-ethyl adjacent to an activating group) is 1. The number of nitrogens with zero attached hydrogens (tertiary/aromatic N) is 3. The maximum absolute atomic E-state index is 13.1. The van der Waals surface area contributed by atoms with Gasteiger partial charge in [-0.25, -0.2) is 0 Å². The Hall–Kier alpha value is -4.90. The van der Waals surface area contributed by atoms with Gasteiger partial charge in [-0.3, -0.25) is 33.4 Å². The monoisotopic (exact) mass is 932 g/mol. The van der Waals surface area contributed by atoms with E-state index in [4.69, 9.17) is 10.5 Å². The molecule has 1 fully saturated rings. The highest BCUT2D eigenvalue weighted by atomic mass is 32.2. The normalized spacial score (nSPS) is 19.0. The number of benzene rings is 2. The van der Waals surface area contributed by atoms with E-state index in [0.717, 1.165) is 59.4 Å². The number of unbranched alkanes of at least 4 members (excludes halogenated alkanes) is 2. The van der Waals surface area contributed by atoms with Crippen LogP contribution in [-0.4, -0.2) is 108 Å². The molecule has 1 saturated heterocycles. The first-order chi connectivity index (χ1) is 30.7. The second-order valence-corrected chi connectivity index (χ2v) is 20.6. The predicted molar refractivity (Wildman–Crippen MR) is 255 cm³/mol. The highest BCUT2D eigenvalue weighted by Crippen LogP contribution is 2.48. The molecule has 2 aromatic carbocycles. The number of imide groups is 1. The van der Waals surface area contributed by atoms with E-state index < -0.39 is 38.5 Å². The topological polar surface area (TPSA) is 196 Å². The van der Waals surface area contributed by atoms with E-state index in [9.17, 15) is 36.9 Å². The standard InChI is InChI=1S/C49H65N5O9S2/c1-8-26-63-31-35(55)28-34(46(50)58)32-64-41-30-45(57)54(47(41)59)25-23-51-44(56)18-14-11-15-24-53-40-22-20-36(65(60,61)62)29-38(40)49(6,7)43(53)17-13-10-12-16-42-48(4,5)37-27-33(3)19-21-39(37)52(42)9-2/h10,12-13,16-17,19-22,27,29,34,41H,8-9,11,14-15,18,23-26,28,30-32H2,1-7H3,(H3-,50,51,56,58,60,61,62)/p+1/t34-,41?/m1/s1. The molecule has 0 bridgehead atoms. The van der Waals surface area contributed by atoms with Crippen LogP contribution in [0.15, 0.2) is 77.4 Å². The van der Waals surface area contributed by atoms with Gasteiger partial charge in [0, 0.05) is 92.2 Å². The Kier molecular flexibility index (Phi) is 17.3. The third-order valence-corrected chi connectivity index (χ3v) is 14.6. The lowest BCUT2D eigenvalue weighted by molar-refractivity contribution is -0.438. The van der Waals surface area contributed by atoms with E-state index in [2.05, 4.69) is 72.8 Å². The van der Waals surface area contributed by atoms with Gasteiger partial charge in [0.1, 0.15) is 13.2 Å². The molecule has 3 aliphatic rings. The first-order valence-electron chi connectivity index (χ1n) is 22.5. The number of nitrogens with one attached hydrogen (secondary N) is 1. The summed E-state index contributed by atoms with van der Waals surface area (Å²) in [6.45, 7) is 16.7. The van der Waals surface area contributed by atoms with Crippen molar-refractivity contribution in [3.63, 3.8) is 0 Å². The maximum Gasteiger partial charge on any atom is 0.294 e. The summed E-state index contributed by atoms with van der Waals surface area (Å²) in [5, 5.41) is 2.12. The van der Waals surface area contributed by atoms with Gasteiger partial charge in [0.05, 0.1) is 21.5 Å². The molecule has 16 heteroatoms. The highest BCUT2D eigenvalue weighted by molar-refractivity contribution is 8.00. The van der Waals surface area contributed by atoms with Gasteiger partial charge >= 0.3 is 0 Å². The fourth-order valence-corrected chi connectivity index (χ4v) is 10.6. The Morgan fingerprint density at radius 3 is 2.45 bits per heavy atom. The first-order valence-corrected chi connectivity index (χ1v) is 25.0. The van der Waals surface area contributed by atoms with E-state index in [0.29, 0.717) is 19.6 Å². The van der Waals surface area contributed by atoms with Gasteiger partial charge in [-0.05, 0) is 76.8 Å². The number of hydrogen-bond acceptors (Lipinski definition) is 10. The number of ether oxygens (including phenoxy) is 1. The number of anilines is 1. The zero-order valence-electron chi connectivity index (χ0n) is 38.9. The van der Waals surface area contributed by atoms with Crippen LogP contribution < -0.4 is 16.0 Å². The summed E-state index contributed by atoms with van der Waals surface area (Å²) in [7, 11) is -4.42. The van der Waals surface area contributed by atoms with Crippen molar-refractivity contribution in [2.75, 3.05) is 50.0 Å². The minimum Gasteiger partial charge on any atom is -0.374 e. The smallest absolute Gasteiger partial charge is 0.294 e. The van der Waals surface area contributed by atoms with Crippen molar-refractivity contribution in [3.8, 4) is 0 Å². The predicted octanol–water partition coefficient (Wildman–Crippen LogP) is 6.46. The number of carbonyl (C=O) groups excluding carboxylic acids is 5. The van der Waals surface area contributed by atoms with Crippen LogP contribution in [0.3, 0.4) is 0 Å². The van der Waals surface area contributed by atoms with Crippen LogP contribution in [0.4, 0.5) is 11.4 Å². The molecule has 65 heavy (non-hydrogen) atoms. The maximum atomic E-state index is 13.1. The van der Waals surface area contributed by atoms with Crippen LogP contribution in [0.2, 0.25) is 0 Å². The van der Waals surface area contributed by atoms with E-state index >= 15 is 0 Å². The lowest BCUT2D eigenvalue weighted by atomic mass is 9.81. The summed E-state index contributed by atoms with van der Waals surface area (Å²) < 4.78 is 41.6. The third-order valence-electron chi connectivity index (χ3n) is 12.4. The van der Waals surface area contributed by atoms with Crippen molar-refractivity contribution in [3.05, 3.63) is 89.2 Å². The minimum atomic E-state index is -4.42. The zero-order chi connectivity index (χ0) is 47.7. The van der Waals surface area contributed by atoms with E-state index in [-0.39, 0.29) is 72.6 Å². The van der Waals surface area contributed by atoms with Gasteiger partial charge in [0.15, 0.2) is 11.5 Å². The van der Waals surface area contributed by atoms with Crippen LogP contribution in [0, 0.1) is 12.8 Å². The van der Waals surface area contributed by atoms with Crippen molar-refractivity contribution < 1.29 is 46.3 Å². The number of carbonyl (C=O) groups is 5. The number of thioether (sulfide) groups is 1. The largest absolute Gasteiger partial charge is 0.374 e. The van der Waals surface area contributed by atoms with Crippen molar-refractivity contribution in [2.45, 2.75) is 114 Å². The average molecular weight is 933 g/mol. The molecule has 0 aliphatic carbocycles. The number of amides is 4. The van der Waals surface area contributed by atoms with Crippen LogP contribution in [-0.2, 0) is 49.7 Å². The number of allylic oxidation sites excluding steroid dienone is 6. The van der Waals surface area contributed by atoms with E-state index in [1.807, 2.05) is 39.0 Å². The molecule has 2 aromatic rings. The number of ketones is 1. The molecule has 0 saturated carbocycles. The van der Waals surface area contributed by atoms with Gasteiger partial charge in [0.2, 0.25) is 29.3 Å². The number of rotatable bonds is 24. The Bertz CT molecular complexity index is 2380. The molecule has 4 N–H and O–H groups in total. The van der Waals surface area contributed by atoms with E-state index in [1.165, 1.54) is 28.6 Å². The molecule has 14 nitrogen and oxygen atoms in total. The summed E-state index contributed by atoms with van der Waals surface area (Å²) in [5.74, 6) is -2.52. The third kappa shape index (κ3) is 12.3. The number of fused-ring (bicyclic) bond motifs is 2. The Labute approximate surface area is 388 Å². The van der Waals surface area contributed by atoms with E-state index in [1.54, 1.807) is 12.1 Å². The molecular formula is C49H66N5O9S2+. The molecule has 0 radical (unpaired) electrons. The lowest BCUT2D eigenvalue weighted by Gasteiger charge is -2.25. The second-order valence-electron chi connectivity index (χ2n) is 18.0. The van der Waals surface area contributed by atoms with Crippen molar-refractivity contribution >= 4 is 68.4 Å². The van der Waals surface area contributed by atoms with Crippen LogP contribution in [0.1, 0.15) is 103 Å². The molecule has 1 unspecified atom stereocenters. The second kappa shape index (κ2) is 22.1. The van der Waals surface area contributed by atoms with Gasteiger partial charge in [-0.2, -0.15) is 13.0 Å². The lowest BCUT2D eigenvalue weighted by Crippen LogP contribution is -2.39. The Morgan fingerprint density at radius 1 is 1.00 bits per heavy atom. The van der Waals surface area contributed by atoms with Gasteiger partial charge in [-0.15, -0.1) is 11.8 Å². The fraction of sp³-hybridized carbons (Fsp3) is 0.510. The minimum absolute atomic E-state index is 0.0261. The summed E-state index contributed by atoms with van der Waals surface area (Å²) in [4.78, 5) is 66.1. The highest BCUT2D eigenvalue weighted by Gasteiger charge is 2.45. The quantitative estimate of drug-likeness (QED) is 0.0344. The molecule has 0 spiro atoms. The van der Waals surface area contributed by atoms with Crippen LogP contribution in [0.5, 0.6) is 0 Å². The number of Topliss-reactive ketones (excluding diaryl/α,β-unsaturated/α-hetero) is 1. The molecule has 2 atom stereocenters. The molecule has 3 heterocycles. The van der Waals surface area contributed by atoms with Crippen LogP contribution in [0.25, 0.3) is 0 Å². The molecule has 4 amide bonds. The Morgan fingerprint density at radius 2 is 1.75 bits per heavy atom. The number of likely N-dealkylation sites (tertiary alicyclic amines) is 1. The molecule has 352 valence electrons. The molecule has 0 aromatic heterocycles. The number of hydrogen-bond donors (Lipinski definition) is 3. The van der Waals surface area contributed by atoms with Gasteiger partial charge in [0.25, 0.3) is 10.1 Å². The number of nitrogens with two attached hydrogens (primary N) is 1. The van der Waals surface area contributed by atoms with Crippen molar-refractivity contribution in [1.29, 1.82) is 0 Å². The number of aryl methyl sites for hydroxylation is 1. The number of primary amides is 1. The van der Waals surface area contributed by atoms with Crippen LogP contribution >= 0.6 is 11.8 Å². The van der Waals surface area contributed by atoms with Gasteiger partial charge < -0.3 is 20.7 Å². The summed E-state index contributed by atoms with van der Waals surface area (Å²) in [6.07, 6.45) is 13.2. The zero-order valence-corrected chi connectivity index (χ0v) is 40.5. The van der Waals surface area contributed by atoms with Crippen molar-refractivity contribution in [2.24, 2.45) is 11.7 Å². The summed E-state index contributed by atoms with van der Waals surface area (Å²) in [5.41, 5.74) is 12.4. The SMILES string of the molecule is CCCOCC(=O)C[C@H](CSC1CC(=O)N(CCNC(=O)CCCCC[N+]2=C(C=CC=CC=C3N(CC)c4ccc(C)cc4C3(C)C)C(C)(C)c3cc(S(=O)(=O)O)ccc32)C1=O)C(N)=O. The summed E-state index contributed by atoms with van der Waals surface area (Å²) in [6, 6.07) is 11.3.